The molecule has 2 heterocycles. The minimum Gasteiger partial charge on any atom is -0.378 e. The fourth-order valence-electron chi connectivity index (χ4n) is 2.80. The van der Waals surface area contributed by atoms with Crippen LogP contribution in [-0.4, -0.2) is 28.8 Å². The van der Waals surface area contributed by atoms with E-state index in [9.17, 15) is 0 Å². The first kappa shape index (κ1) is 15.5. The van der Waals surface area contributed by atoms with E-state index >= 15 is 0 Å². The molecule has 1 aliphatic heterocycles. The van der Waals surface area contributed by atoms with Gasteiger partial charge in [-0.2, -0.15) is 0 Å². The summed E-state index contributed by atoms with van der Waals surface area (Å²) in [5, 5.41) is 3.50. The molecule has 0 saturated carbocycles. The molecule has 0 radical (unpaired) electrons. The standard InChI is InChI=1S/C16H29N3O/c1-13(2)10-17-11-15-12-18-14(3)19(15)8-4-6-16-7-5-9-20-16/h12-13,16-17H,4-11H2,1-3H3. The Balaban J connectivity index is 1.78. The molecule has 1 aromatic heterocycles. The predicted molar refractivity (Wildman–Crippen MR) is 81.7 cm³/mol. The van der Waals surface area contributed by atoms with E-state index in [2.05, 4.69) is 35.6 Å². The first-order valence-corrected chi connectivity index (χ1v) is 8.00. The van der Waals surface area contributed by atoms with Gasteiger partial charge in [0.05, 0.1) is 11.8 Å². The minimum atomic E-state index is 0.501. The van der Waals surface area contributed by atoms with Gasteiger partial charge in [-0.25, -0.2) is 4.98 Å². The van der Waals surface area contributed by atoms with E-state index in [1.807, 2.05) is 6.20 Å². The second-order valence-electron chi connectivity index (χ2n) is 6.25. The highest BCUT2D eigenvalue weighted by atomic mass is 16.5. The number of aryl methyl sites for hydroxylation is 1. The Labute approximate surface area is 122 Å². The van der Waals surface area contributed by atoms with Crippen molar-refractivity contribution in [3.8, 4) is 0 Å². The maximum Gasteiger partial charge on any atom is 0.105 e. The lowest BCUT2D eigenvalue weighted by Crippen LogP contribution is -2.21. The minimum absolute atomic E-state index is 0.501. The first-order chi connectivity index (χ1) is 9.66. The smallest absolute Gasteiger partial charge is 0.105 e. The lowest BCUT2D eigenvalue weighted by Gasteiger charge is -2.14. The van der Waals surface area contributed by atoms with Gasteiger partial charge < -0.3 is 14.6 Å². The van der Waals surface area contributed by atoms with Gasteiger partial charge in [-0.3, -0.25) is 0 Å². The van der Waals surface area contributed by atoms with E-state index in [0.717, 1.165) is 32.1 Å². The first-order valence-electron chi connectivity index (χ1n) is 8.00. The summed E-state index contributed by atoms with van der Waals surface area (Å²) in [4.78, 5) is 4.46. The van der Waals surface area contributed by atoms with Crippen molar-refractivity contribution in [1.82, 2.24) is 14.9 Å². The Morgan fingerprint density at radius 1 is 1.50 bits per heavy atom. The van der Waals surface area contributed by atoms with Crippen molar-refractivity contribution in [2.45, 2.75) is 65.6 Å². The number of ether oxygens (including phenoxy) is 1. The molecule has 114 valence electrons. The monoisotopic (exact) mass is 279 g/mol. The summed E-state index contributed by atoms with van der Waals surface area (Å²) in [5.41, 5.74) is 1.30. The van der Waals surface area contributed by atoms with Gasteiger partial charge >= 0.3 is 0 Å². The van der Waals surface area contributed by atoms with Crippen LogP contribution in [0.4, 0.5) is 0 Å². The van der Waals surface area contributed by atoms with Gasteiger partial charge in [-0.15, -0.1) is 0 Å². The zero-order chi connectivity index (χ0) is 14.4. The lowest BCUT2D eigenvalue weighted by molar-refractivity contribution is 0.101. The molecule has 20 heavy (non-hydrogen) atoms. The molecular weight excluding hydrogens is 250 g/mol. The molecule has 1 atom stereocenters. The molecule has 0 bridgehead atoms. The SMILES string of the molecule is Cc1ncc(CNCC(C)C)n1CCCC1CCCO1. The average Bonchev–Trinajstić information content (AvgIpc) is 3.02. The number of hydrogen-bond donors (Lipinski definition) is 1. The van der Waals surface area contributed by atoms with Crippen molar-refractivity contribution in [1.29, 1.82) is 0 Å². The van der Waals surface area contributed by atoms with Crippen LogP contribution >= 0.6 is 0 Å². The van der Waals surface area contributed by atoms with E-state index in [4.69, 9.17) is 4.74 Å². The second-order valence-corrected chi connectivity index (χ2v) is 6.25. The van der Waals surface area contributed by atoms with Gasteiger partial charge in [0.1, 0.15) is 5.82 Å². The molecule has 2 rings (SSSR count). The summed E-state index contributed by atoms with van der Waals surface area (Å²) < 4.78 is 8.04. The summed E-state index contributed by atoms with van der Waals surface area (Å²) in [6, 6.07) is 0. The van der Waals surface area contributed by atoms with E-state index in [-0.39, 0.29) is 0 Å². The number of aromatic nitrogens is 2. The molecule has 1 saturated heterocycles. The van der Waals surface area contributed by atoms with Crippen LogP contribution in [0, 0.1) is 12.8 Å². The topological polar surface area (TPSA) is 39.1 Å². The van der Waals surface area contributed by atoms with Crippen LogP contribution in [0.25, 0.3) is 0 Å². The van der Waals surface area contributed by atoms with Crippen molar-refractivity contribution in [3.05, 3.63) is 17.7 Å². The molecule has 1 N–H and O–H groups in total. The van der Waals surface area contributed by atoms with Crippen molar-refractivity contribution in [2.24, 2.45) is 5.92 Å². The Kier molecular flexibility index (Phi) is 6.05. The van der Waals surface area contributed by atoms with Gasteiger partial charge in [0, 0.05) is 25.9 Å². The molecule has 0 aliphatic carbocycles. The largest absolute Gasteiger partial charge is 0.378 e. The molecule has 0 spiro atoms. The third-order valence-corrected chi connectivity index (χ3v) is 3.93. The van der Waals surface area contributed by atoms with Gasteiger partial charge in [0.2, 0.25) is 0 Å². The quantitative estimate of drug-likeness (QED) is 0.795. The van der Waals surface area contributed by atoms with Gasteiger partial charge in [0.15, 0.2) is 0 Å². The summed E-state index contributed by atoms with van der Waals surface area (Å²) in [6.07, 6.45) is 7.34. The molecule has 1 aliphatic rings. The summed E-state index contributed by atoms with van der Waals surface area (Å²) in [7, 11) is 0. The Hall–Kier alpha value is -0.870. The van der Waals surface area contributed by atoms with Crippen LogP contribution in [0.2, 0.25) is 0 Å². The van der Waals surface area contributed by atoms with Gasteiger partial charge in [0.25, 0.3) is 0 Å². The van der Waals surface area contributed by atoms with Crippen molar-refractivity contribution in [3.63, 3.8) is 0 Å². The lowest BCUT2D eigenvalue weighted by atomic mass is 10.1. The molecule has 1 aromatic rings. The second kappa shape index (κ2) is 7.79. The predicted octanol–water partition coefficient (Wildman–Crippen LogP) is 2.90. The number of nitrogens with zero attached hydrogens (tertiary/aromatic N) is 2. The fraction of sp³-hybridized carbons (Fsp3) is 0.812. The number of rotatable bonds is 8. The fourth-order valence-corrected chi connectivity index (χ4v) is 2.80. The van der Waals surface area contributed by atoms with Crippen LogP contribution in [0.1, 0.15) is 51.0 Å². The Morgan fingerprint density at radius 3 is 3.05 bits per heavy atom. The number of nitrogens with one attached hydrogen (secondary N) is 1. The zero-order valence-electron chi connectivity index (χ0n) is 13.2. The summed E-state index contributed by atoms with van der Waals surface area (Å²) in [6.45, 7) is 10.6. The molecule has 0 amide bonds. The summed E-state index contributed by atoms with van der Waals surface area (Å²) >= 11 is 0. The third kappa shape index (κ3) is 4.60. The van der Waals surface area contributed by atoms with Crippen LogP contribution in [-0.2, 0) is 17.8 Å². The molecular formula is C16H29N3O. The normalized spacial score (nSPS) is 19.1. The molecule has 1 fully saturated rings. The molecule has 0 aromatic carbocycles. The zero-order valence-corrected chi connectivity index (χ0v) is 13.2. The highest BCUT2D eigenvalue weighted by Crippen LogP contribution is 2.18. The Morgan fingerprint density at radius 2 is 2.35 bits per heavy atom. The van der Waals surface area contributed by atoms with Crippen molar-refractivity contribution >= 4 is 0 Å². The third-order valence-electron chi connectivity index (χ3n) is 3.93. The van der Waals surface area contributed by atoms with E-state index in [0.29, 0.717) is 12.0 Å². The van der Waals surface area contributed by atoms with Crippen molar-refractivity contribution in [2.75, 3.05) is 13.2 Å². The van der Waals surface area contributed by atoms with E-state index in [1.54, 1.807) is 0 Å². The van der Waals surface area contributed by atoms with Crippen LogP contribution in [0.15, 0.2) is 6.20 Å². The van der Waals surface area contributed by atoms with Gasteiger partial charge in [-0.1, -0.05) is 13.8 Å². The maximum atomic E-state index is 5.69. The Bertz CT molecular complexity index is 394. The highest BCUT2D eigenvalue weighted by Gasteiger charge is 2.15. The van der Waals surface area contributed by atoms with E-state index < -0.39 is 0 Å². The number of hydrogen-bond acceptors (Lipinski definition) is 3. The van der Waals surface area contributed by atoms with Crippen LogP contribution in [0.3, 0.4) is 0 Å². The van der Waals surface area contributed by atoms with Crippen LogP contribution < -0.4 is 5.32 Å². The number of imidazole rings is 1. The molecule has 4 heteroatoms. The average molecular weight is 279 g/mol. The molecule has 1 unspecified atom stereocenters. The van der Waals surface area contributed by atoms with Crippen LogP contribution in [0.5, 0.6) is 0 Å². The van der Waals surface area contributed by atoms with Crippen molar-refractivity contribution < 1.29 is 4.74 Å². The van der Waals surface area contributed by atoms with E-state index in [1.165, 1.54) is 31.4 Å². The maximum absolute atomic E-state index is 5.69. The molecule has 4 nitrogen and oxygen atoms in total. The van der Waals surface area contributed by atoms with Gasteiger partial charge in [-0.05, 0) is 45.1 Å². The summed E-state index contributed by atoms with van der Waals surface area (Å²) in [5.74, 6) is 1.81. The highest BCUT2D eigenvalue weighted by molar-refractivity contribution is 5.04.